The fourth-order valence-corrected chi connectivity index (χ4v) is 2.03. The van der Waals surface area contributed by atoms with Crippen LogP contribution in [0.2, 0.25) is 5.02 Å². The minimum atomic E-state index is 0.748. The molecule has 0 aliphatic heterocycles. The summed E-state index contributed by atoms with van der Waals surface area (Å²) in [5.41, 5.74) is 1.21. The van der Waals surface area contributed by atoms with Crippen LogP contribution in [-0.4, -0.2) is 6.54 Å². The quantitative estimate of drug-likeness (QED) is 0.644. The van der Waals surface area contributed by atoms with Gasteiger partial charge < -0.3 is 5.32 Å². The van der Waals surface area contributed by atoms with Crippen molar-refractivity contribution < 1.29 is 0 Å². The Balaban J connectivity index is 2.35. The fourth-order valence-electron chi connectivity index (χ4n) is 1.20. The van der Waals surface area contributed by atoms with Crippen molar-refractivity contribution in [3.05, 3.63) is 33.3 Å². The lowest BCUT2D eigenvalue weighted by Crippen LogP contribution is -2.14. The third-order valence-electron chi connectivity index (χ3n) is 2.01. The van der Waals surface area contributed by atoms with E-state index in [0.717, 1.165) is 35.4 Å². The Bertz CT molecular complexity index is 357. The number of nitrogens with one attached hydrogen (secondary N) is 1. The monoisotopic (exact) mass is 285 g/mol. The molecule has 1 N–H and O–H groups in total. The molecule has 0 aliphatic carbocycles. The lowest BCUT2D eigenvalue weighted by molar-refractivity contribution is 0.658. The molecule has 0 saturated heterocycles. The molecule has 0 saturated carbocycles. The molecular weight excluding hydrogens is 273 g/mol. The van der Waals surface area contributed by atoms with Gasteiger partial charge in [-0.3, -0.25) is 0 Å². The van der Waals surface area contributed by atoms with Gasteiger partial charge >= 0.3 is 0 Å². The molecule has 1 nitrogen and oxygen atoms in total. The molecule has 0 heterocycles. The Kier molecular flexibility index (Phi) is 5.78. The van der Waals surface area contributed by atoms with Crippen LogP contribution >= 0.6 is 27.5 Å². The number of hydrogen-bond acceptors (Lipinski definition) is 1. The van der Waals surface area contributed by atoms with Gasteiger partial charge in [-0.25, -0.2) is 0 Å². The zero-order chi connectivity index (χ0) is 11.1. The van der Waals surface area contributed by atoms with Crippen molar-refractivity contribution in [1.82, 2.24) is 5.32 Å². The first-order chi connectivity index (χ1) is 7.24. The third-order valence-corrected chi connectivity index (χ3v) is 2.98. The smallest absolute Gasteiger partial charge is 0.0417 e. The van der Waals surface area contributed by atoms with E-state index in [1.54, 1.807) is 0 Å². The van der Waals surface area contributed by atoms with Gasteiger partial charge in [0.2, 0.25) is 0 Å². The predicted octanol–water partition coefficient (Wildman–Crippen LogP) is 3.61. The highest BCUT2D eigenvalue weighted by Crippen LogP contribution is 2.21. The SMILES string of the molecule is C#CCCCNCc1ccc(Cl)cc1Br. The summed E-state index contributed by atoms with van der Waals surface area (Å²) in [5.74, 6) is 2.62. The van der Waals surface area contributed by atoms with E-state index in [1.165, 1.54) is 5.56 Å². The molecule has 1 aromatic carbocycles. The number of halogens is 2. The number of rotatable bonds is 5. The number of terminal acetylenes is 1. The van der Waals surface area contributed by atoms with Gasteiger partial charge in [-0.2, -0.15) is 0 Å². The van der Waals surface area contributed by atoms with Crippen molar-refractivity contribution in [3.8, 4) is 12.3 Å². The molecule has 0 aromatic heterocycles. The maximum atomic E-state index is 5.85. The predicted molar refractivity (Wildman–Crippen MR) is 68.9 cm³/mol. The zero-order valence-electron chi connectivity index (χ0n) is 8.39. The molecule has 80 valence electrons. The molecule has 0 atom stereocenters. The first-order valence-electron chi connectivity index (χ1n) is 4.82. The summed E-state index contributed by atoms with van der Waals surface area (Å²) in [6.45, 7) is 1.78. The highest BCUT2D eigenvalue weighted by Gasteiger charge is 1.99. The molecule has 15 heavy (non-hydrogen) atoms. The van der Waals surface area contributed by atoms with Crippen LogP contribution < -0.4 is 5.32 Å². The standard InChI is InChI=1S/C12H13BrClN/c1-2-3-4-7-15-9-10-5-6-11(14)8-12(10)13/h1,5-6,8,15H,3-4,7,9H2. The maximum absolute atomic E-state index is 5.85. The van der Waals surface area contributed by atoms with Crippen molar-refractivity contribution in [2.45, 2.75) is 19.4 Å². The lowest BCUT2D eigenvalue weighted by Gasteiger charge is -2.06. The van der Waals surface area contributed by atoms with E-state index in [0.29, 0.717) is 0 Å². The first kappa shape index (κ1) is 12.6. The van der Waals surface area contributed by atoms with Crippen molar-refractivity contribution in [1.29, 1.82) is 0 Å². The largest absolute Gasteiger partial charge is 0.313 e. The molecule has 0 radical (unpaired) electrons. The van der Waals surface area contributed by atoms with Gasteiger partial charge in [0.25, 0.3) is 0 Å². The summed E-state index contributed by atoms with van der Waals surface area (Å²) >= 11 is 9.32. The van der Waals surface area contributed by atoms with Gasteiger partial charge in [0.1, 0.15) is 0 Å². The fraction of sp³-hybridized carbons (Fsp3) is 0.333. The van der Waals surface area contributed by atoms with E-state index in [1.807, 2.05) is 18.2 Å². The maximum Gasteiger partial charge on any atom is 0.0417 e. The van der Waals surface area contributed by atoms with E-state index < -0.39 is 0 Å². The Hall–Kier alpha value is -0.490. The summed E-state index contributed by atoms with van der Waals surface area (Å²) in [6, 6.07) is 5.81. The zero-order valence-corrected chi connectivity index (χ0v) is 10.7. The normalized spacial score (nSPS) is 9.93. The van der Waals surface area contributed by atoms with Crippen molar-refractivity contribution in [3.63, 3.8) is 0 Å². The van der Waals surface area contributed by atoms with Crippen molar-refractivity contribution >= 4 is 27.5 Å². The molecule has 0 aliphatic rings. The average molecular weight is 287 g/mol. The topological polar surface area (TPSA) is 12.0 Å². The number of benzene rings is 1. The van der Waals surface area contributed by atoms with E-state index in [2.05, 4.69) is 27.2 Å². The molecule has 0 fully saturated rings. The van der Waals surface area contributed by atoms with Crippen LogP contribution in [0.4, 0.5) is 0 Å². The molecule has 1 rings (SSSR count). The first-order valence-corrected chi connectivity index (χ1v) is 5.99. The number of hydrogen-bond donors (Lipinski definition) is 1. The van der Waals surface area contributed by atoms with Gasteiger partial charge in [0.05, 0.1) is 0 Å². The van der Waals surface area contributed by atoms with E-state index in [9.17, 15) is 0 Å². The van der Waals surface area contributed by atoms with Crippen molar-refractivity contribution in [2.75, 3.05) is 6.54 Å². The Morgan fingerprint density at radius 2 is 2.27 bits per heavy atom. The van der Waals surface area contributed by atoms with Gasteiger partial charge in [-0.1, -0.05) is 33.6 Å². The summed E-state index contributed by atoms with van der Waals surface area (Å²) in [4.78, 5) is 0. The van der Waals surface area contributed by atoms with Gasteiger partial charge in [-0.05, 0) is 30.7 Å². The second-order valence-corrected chi connectivity index (χ2v) is 4.51. The van der Waals surface area contributed by atoms with Crippen LogP contribution in [0.1, 0.15) is 18.4 Å². The van der Waals surface area contributed by atoms with Crippen LogP contribution in [0.5, 0.6) is 0 Å². The van der Waals surface area contributed by atoms with Crippen LogP contribution in [0.25, 0.3) is 0 Å². The minimum absolute atomic E-state index is 0.748. The van der Waals surface area contributed by atoms with Gasteiger partial charge in [0, 0.05) is 22.5 Å². The van der Waals surface area contributed by atoms with Crippen molar-refractivity contribution in [2.24, 2.45) is 0 Å². The second-order valence-electron chi connectivity index (χ2n) is 3.22. The van der Waals surface area contributed by atoms with Crippen LogP contribution in [-0.2, 0) is 6.54 Å². The molecule has 0 amide bonds. The van der Waals surface area contributed by atoms with Gasteiger partial charge in [0.15, 0.2) is 0 Å². The lowest BCUT2D eigenvalue weighted by atomic mass is 10.2. The molecule has 0 spiro atoms. The van der Waals surface area contributed by atoms with Gasteiger partial charge in [-0.15, -0.1) is 12.3 Å². The molecule has 0 bridgehead atoms. The molecule has 3 heteroatoms. The van der Waals surface area contributed by atoms with Crippen LogP contribution in [0, 0.1) is 12.3 Å². The molecule has 0 unspecified atom stereocenters. The molecule has 1 aromatic rings. The summed E-state index contributed by atoms with van der Waals surface area (Å²) in [6.07, 6.45) is 7.01. The average Bonchev–Trinajstić information content (AvgIpc) is 2.20. The summed E-state index contributed by atoms with van der Waals surface area (Å²) in [5, 5.41) is 4.08. The minimum Gasteiger partial charge on any atom is -0.313 e. The Labute approximate surface area is 104 Å². The Morgan fingerprint density at radius 1 is 1.47 bits per heavy atom. The van der Waals surface area contributed by atoms with Crippen LogP contribution in [0.15, 0.2) is 22.7 Å². The Morgan fingerprint density at radius 3 is 2.93 bits per heavy atom. The second kappa shape index (κ2) is 6.90. The number of unbranched alkanes of at least 4 members (excludes halogenated alkanes) is 1. The summed E-state index contributed by atoms with van der Waals surface area (Å²) in [7, 11) is 0. The highest BCUT2D eigenvalue weighted by atomic mass is 79.9. The third kappa shape index (κ3) is 4.70. The van der Waals surface area contributed by atoms with Crippen LogP contribution in [0.3, 0.4) is 0 Å². The van der Waals surface area contributed by atoms with E-state index in [4.69, 9.17) is 18.0 Å². The summed E-state index contributed by atoms with van der Waals surface area (Å²) < 4.78 is 1.04. The van der Waals surface area contributed by atoms with E-state index >= 15 is 0 Å². The molecular formula is C12H13BrClN. The highest BCUT2D eigenvalue weighted by molar-refractivity contribution is 9.10. The van der Waals surface area contributed by atoms with E-state index in [-0.39, 0.29) is 0 Å².